The normalized spacial score (nSPS) is 14.0. The molecule has 0 aromatic heterocycles. The smallest absolute Gasteiger partial charge is 0.306 e. The van der Waals surface area contributed by atoms with Gasteiger partial charge in [0, 0.05) is 6.42 Å². The number of carbonyl (C=O) groups excluding carboxylic acids is 2. The Balaban J connectivity index is 4.71. The van der Waals surface area contributed by atoms with E-state index >= 15 is 0 Å². The summed E-state index contributed by atoms with van der Waals surface area (Å²) in [5, 5.41) is 23.8. The molecule has 0 bridgehead atoms. The topological polar surface area (TPSA) is 95.9 Å². The monoisotopic (exact) mass is 918 g/mol. The molecule has 0 aliphatic heterocycles. The highest BCUT2D eigenvalue weighted by Gasteiger charge is 2.24. The van der Waals surface area contributed by atoms with Gasteiger partial charge in [-0.3, -0.25) is 9.59 Å². The van der Waals surface area contributed by atoms with Gasteiger partial charge in [-0.15, -0.1) is 0 Å². The molecule has 6 nitrogen and oxygen atoms in total. The maximum absolute atomic E-state index is 13.2. The van der Waals surface area contributed by atoms with E-state index in [4.69, 9.17) is 4.74 Å². The Hall–Kier alpha value is -3.22. The second-order valence-electron chi connectivity index (χ2n) is 18.4. The number of hydrogen-bond acceptors (Lipinski definition) is 5. The molecule has 66 heavy (non-hydrogen) atoms. The van der Waals surface area contributed by atoms with Gasteiger partial charge in [-0.1, -0.05) is 266 Å². The van der Waals surface area contributed by atoms with Crippen molar-refractivity contribution in [3.05, 3.63) is 97.2 Å². The largest absolute Gasteiger partial charge is 0.462 e. The second kappa shape index (κ2) is 52.7. The number of nitrogens with one attached hydrogen (secondary N) is 1. The standard InChI is InChI=1S/C60H103NO5/c1-4-7-10-13-16-19-22-25-28-30-32-35-38-41-44-47-50-53-60(65)66-56(51-48-45-42-39-36-33-27-24-21-18-15-12-9-6-3)54-59(64)61-57(55-62)58(63)52-49-46-43-40-37-34-31-29-26-23-20-17-14-11-8-5-2/h7,10,13,16,19,22,25,28,30,32-33,35-36,38-39,42,56-58,62-63H,4-6,8-9,11-12,14-15,17-18,20-21,23-24,26-27,29,31,34,37,40-41,43-55H2,1-3H3,(H,61,64)/b10-7-,16-13+,22-19+,28-25-,32-30+,36-33+,38-35+,42-39+. The molecule has 0 saturated carbocycles. The summed E-state index contributed by atoms with van der Waals surface area (Å²) >= 11 is 0. The zero-order valence-corrected chi connectivity index (χ0v) is 43.0. The highest BCUT2D eigenvalue weighted by atomic mass is 16.5. The van der Waals surface area contributed by atoms with Crippen LogP contribution in [0.1, 0.15) is 245 Å². The molecule has 0 heterocycles. The highest BCUT2D eigenvalue weighted by molar-refractivity contribution is 5.77. The van der Waals surface area contributed by atoms with Crippen molar-refractivity contribution in [1.82, 2.24) is 5.32 Å². The first kappa shape index (κ1) is 62.8. The molecule has 0 saturated heterocycles. The fourth-order valence-electron chi connectivity index (χ4n) is 7.93. The number of amides is 1. The first-order chi connectivity index (χ1) is 32.5. The molecule has 1 amide bonds. The SMILES string of the molecule is CC\C=C/C=C/C=C/C=C\C=C\C=C\CCCCCC(=O)OC(CCC/C=C/C=C/CCCCCCCCC)CC(=O)NC(CO)C(O)CCCCCCCCCCCCCCCCCC. The van der Waals surface area contributed by atoms with Crippen LogP contribution >= 0.6 is 0 Å². The third-order valence-electron chi connectivity index (χ3n) is 12.1. The summed E-state index contributed by atoms with van der Waals surface area (Å²) < 4.78 is 5.90. The van der Waals surface area contributed by atoms with Crippen LogP contribution in [-0.2, 0) is 14.3 Å². The van der Waals surface area contributed by atoms with Gasteiger partial charge in [-0.25, -0.2) is 0 Å². The number of hydrogen-bond donors (Lipinski definition) is 3. The fourth-order valence-corrected chi connectivity index (χ4v) is 7.93. The van der Waals surface area contributed by atoms with Gasteiger partial charge in [0.15, 0.2) is 0 Å². The molecule has 0 spiro atoms. The van der Waals surface area contributed by atoms with Crippen molar-refractivity contribution in [1.29, 1.82) is 0 Å². The summed E-state index contributed by atoms with van der Waals surface area (Å²) in [6.45, 7) is 6.32. The predicted octanol–water partition coefficient (Wildman–Crippen LogP) is 16.9. The number of allylic oxidation sites excluding steroid dienone is 16. The molecule has 0 aliphatic carbocycles. The molecule has 0 rings (SSSR count). The molecule has 3 atom stereocenters. The van der Waals surface area contributed by atoms with Crippen LogP contribution in [-0.4, -0.2) is 46.9 Å². The van der Waals surface area contributed by atoms with Gasteiger partial charge in [0.1, 0.15) is 6.10 Å². The molecule has 0 fully saturated rings. The van der Waals surface area contributed by atoms with Crippen molar-refractivity contribution in [3.8, 4) is 0 Å². The molecule has 378 valence electrons. The molecular weight excluding hydrogens is 815 g/mol. The molecular formula is C60H103NO5. The van der Waals surface area contributed by atoms with Crippen molar-refractivity contribution in [3.63, 3.8) is 0 Å². The first-order valence-electron chi connectivity index (χ1n) is 27.6. The average Bonchev–Trinajstić information content (AvgIpc) is 3.31. The summed E-state index contributed by atoms with van der Waals surface area (Å²) in [6.07, 6.45) is 70.4. The van der Waals surface area contributed by atoms with E-state index in [1.54, 1.807) is 0 Å². The molecule has 0 aliphatic rings. The number of rotatable bonds is 48. The minimum Gasteiger partial charge on any atom is -0.462 e. The molecule has 3 N–H and O–H groups in total. The Morgan fingerprint density at radius 1 is 0.455 bits per heavy atom. The van der Waals surface area contributed by atoms with Crippen molar-refractivity contribution in [2.45, 2.75) is 264 Å². The lowest BCUT2D eigenvalue weighted by atomic mass is 10.0. The van der Waals surface area contributed by atoms with Gasteiger partial charge in [0.05, 0.1) is 25.2 Å². The van der Waals surface area contributed by atoms with Crippen molar-refractivity contribution in [2.24, 2.45) is 0 Å². The Labute approximate surface area is 407 Å². The molecule has 6 heteroatoms. The van der Waals surface area contributed by atoms with Crippen molar-refractivity contribution < 1.29 is 24.5 Å². The van der Waals surface area contributed by atoms with E-state index in [1.165, 1.54) is 128 Å². The first-order valence-corrected chi connectivity index (χ1v) is 27.6. The van der Waals surface area contributed by atoms with Crippen LogP contribution in [0.15, 0.2) is 97.2 Å². The minimum absolute atomic E-state index is 0.0214. The summed E-state index contributed by atoms with van der Waals surface area (Å²) in [5.74, 6) is -0.576. The predicted molar refractivity (Wildman–Crippen MR) is 287 cm³/mol. The van der Waals surface area contributed by atoms with Crippen LogP contribution in [0, 0.1) is 0 Å². The number of unbranched alkanes of at least 4 members (excludes halogenated alkanes) is 26. The van der Waals surface area contributed by atoms with E-state index in [-0.39, 0.29) is 24.9 Å². The number of aliphatic hydroxyl groups excluding tert-OH is 2. The summed E-state index contributed by atoms with van der Waals surface area (Å²) in [4.78, 5) is 26.2. The van der Waals surface area contributed by atoms with E-state index in [1.807, 2.05) is 54.7 Å². The quantitative estimate of drug-likeness (QED) is 0.0321. The van der Waals surface area contributed by atoms with Crippen LogP contribution in [0.3, 0.4) is 0 Å². The van der Waals surface area contributed by atoms with Crippen LogP contribution in [0.5, 0.6) is 0 Å². The van der Waals surface area contributed by atoms with Crippen molar-refractivity contribution >= 4 is 11.9 Å². The lowest BCUT2D eigenvalue weighted by Crippen LogP contribution is -2.46. The Kier molecular flexibility index (Phi) is 50.2. The van der Waals surface area contributed by atoms with E-state index in [9.17, 15) is 19.8 Å². The van der Waals surface area contributed by atoms with Crippen LogP contribution in [0.25, 0.3) is 0 Å². The van der Waals surface area contributed by atoms with E-state index in [0.717, 1.165) is 70.6 Å². The third kappa shape index (κ3) is 47.3. The van der Waals surface area contributed by atoms with Gasteiger partial charge >= 0.3 is 5.97 Å². The number of carbonyl (C=O) groups is 2. The minimum atomic E-state index is -0.813. The zero-order chi connectivity index (χ0) is 48.1. The maximum Gasteiger partial charge on any atom is 0.306 e. The average molecular weight is 918 g/mol. The zero-order valence-electron chi connectivity index (χ0n) is 43.0. The van der Waals surface area contributed by atoms with Crippen LogP contribution < -0.4 is 5.32 Å². The molecule has 0 radical (unpaired) electrons. The summed E-state index contributed by atoms with van der Waals surface area (Å²) in [5.41, 5.74) is 0. The number of aliphatic hydroxyl groups is 2. The van der Waals surface area contributed by atoms with Gasteiger partial charge in [0.2, 0.25) is 5.91 Å². The number of esters is 1. The lowest BCUT2D eigenvalue weighted by molar-refractivity contribution is -0.151. The fraction of sp³-hybridized carbons (Fsp3) is 0.700. The van der Waals surface area contributed by atoms with Crippen LogP contribution in [0.2, 0.25) is 0 Å². The lowest BCUT2D eigenvalue weighted by Gasteiger charge is -2.24. The molecule has 0 aromatic carbocycles. The van der Waals surface area contributed by atoms with Gasteiger partial charge < -0.3 is 20.3 Å². The maximum atomic E-state index is 13.2. The van der Waals surface area contributed by atoms with E-state index in [0.29, 0.717) is 19.3 Å². The Bertz CT molecular complexity index is 1310. The van der Waals surface area contributed by atoms with Crippen molar-refractivity contribution in [2.75, 3.05) is 6.61 Å². The Morgan fingerprint density at radius 3 is 1.29 bits per heavy atom. The Morgan fingerprint density at radius 2 is 0.833 bits per heavy atom. The van der Waals surface area contributed by atoms with E-state index in [2.05, 4.69) is 68.6 Å². The third-order valence-corrected chi connectivity index (χ3v) is 12.1. The van der Waals surface area contributed by atoms with Crippen LogP contribution in [0.4, 0.5) is 0 Å². The molecule has 3 unspecified atom stereocenters. The molecule has 0 aromatic rings. The van der Waals surface area contributed by atoms with E-state index < -0.39 is 18.2 Å². The second-order valence-corrected chi connectivity index (χ2v) is 18.4. The summed E-state index contributed by atoms with van der Waals surface area (Å²) in [6, 6.07) is -0.732. The summed E-state index contributed by atoms with van der Waals surface area (Å²) in [7, 11) is 0. The number of ether oxygens (including phenoxy) is 1. The van der Waals surface area contributed by atoms with Gasteiger partial charge in [0.25, 0.3) is 0 Å². The van der Waals surface area contributed by atoms with Gasteiger partial charge in [-0.05, 0) is 64.2 Å². The van der Waals surface area contributed by atoms with Gasteiger partial charge in [-0.2, -0.15) is 0 Å². The highest BCUT2D eigenvalue weighted by Crippen LogP contribution is 2.17.